The highest BCUT2D eigenvalue weighted by atomic mass is 16.4. The Morgan fingerprint density at radius 1 is 0.935 bits per heavy atom. The number of aromatic nitrogens is 2. The summed E-state index contributed by atoms with van der Waals surface area (Å²) in [5.74, 6) is 2.34. The van der Waals surface area contributed by atoms with E-state index in [4.69, 9.17) is 5.11 Å². The fourth-order valence-electron chi connectivity index (χ4n) is 6.63. The standard InChI is InChI=1S/C27H26N2O2/c30-25(31)8-3-16-1-4-19(5-2-16)26(20-6-7-24-23(14-20)15-28-29-24)27-21-10-17-9-18(12-21)13-22(27)11-17/h1-8,14-15,17-18,21-22H,9-13H2,(H,28,29)(H,30,31)/t17?,18?,21-,22-. The van der Waals surface area contributed by atoms with E-state index in [-0.39, 0.29) is 0 Å². The summed E-state index contributed by atoms with van der Waals surface area (Å²) in [5.41, 5.74) is 7.54. The van der Waals surface area contributed by atoms with Gasteiger partial charge in [0.2, 0.25) is 0 Å². The second kappa shape index (κ2) is 7.23. The minimum Gasteiger partial charge on any atom is -0.478 e. The largest absolute Gasteiger partial charge is 0.478 e. The van der Waals surface area contributed by atoms with Crippen LogP contribution in [0, 0.1) is 23.7 Å². The fourth-order valence-corrected chi connectivity index (χ4v) is 6.63. The smallest absolute Gasteiger partial charge is 0.328 e. The Kier molecular flexibility index (Phi) is 4.34. The number of benzene rings is 2. The second-order valence-electron chi connectivity index (χ2n) is 9.60. The van der Waals surface area contributed by atoms with Crippen LogP contribution in [-0.4, -0.2) is 21.3 Å². The zero-order chi connectivity index (χ0) is 20.9. The number of allylic oxidation sites excluding steroid dienone is 1. The van der Waals surface area contributed by atoms with Gasteiger partial charge in [0, 0.05) is 11.5 Å². The van der Waals surface area contributed by atoms with Crippen molar-refractivity contribution >= 4 is 28.5 Å². The number of hydrogen-bond acceptors (Lipinski definition) is 2. The lowest BCUT2D eigenvalue weighted by Gasteiger charge is -2.52. The quantitative estimate of drug-likeness (QED) is 0.525. The van der Waals surface area contributed by atoms with Gasteiger partial charge >= 0.3 is 5.97 Å². The van der Waals surface area contributed by atoms with Gasteiger partial charge in [0.15, 0.2) is 0 Å². The summed E-state index contributed by atoms with van der Waals surface area (Å²) in [6.07, 6.45) is 11.6. The summed E-state index contributed by atoms with van der Waals surface area (Å²) in [6.45, 7) is 0. The lowest BCUT2D eigenvalue weighted by atomic mass is 9.53. The molecule has 1 aromatic heterocycles. The summed E-state index contributed by atoms with van der Waals surface area (Å²) in [7, 11) is 0. The maximum Gasteiger partial charge on any atom is 0.328 e. The van der Waals surface area contributed by atoms with Crippen LogP contribution in [0.25, 0.3) is 22.6 Å². The van der Waals surface area contributed by atoms with Crippen molar-refractivity contribution in [2.45, 2.75) is 32.1 Å². The van der Waals surface area contributed by atoms with Crippen LogP contribution >= 0.6 is 0 Å². The molecule has 7 rings (SSSR count). The highest BCUT2D eigenvalue weighted by Crippen LogP contribution is 2.58. The summed E-state index contributed by atoms with van der Waals surface area (Å²) in [6, 6.07) is 15.0. The van der Waals surface area contributed by atoms with Crippen LogP contribution in [0.15, 0.2) is 60.3 Å². The molecule has 2 N–H and O–H groups in total. The molecule has 4 saturated carbocycles. The summed E-state index contributed by atoms with van der Waals surface area (Å²) >= 11 is 0. The number of aromatic amines is 1. The Morgan fingerprint density at radius 3 is 2.29 bits per heavy atom. The molecule has 0 aliphatic heterocycles. The molecule has 0 spiro atoms. The summed E-state index contributed by atoms with van der Waals surface area (Å²) < 4.78 is 0. The SMILES string of the molecule is O=C(O)C=Cc1ccc(C(c2ccc3[nH]ncc3c2)=C2[C@H]3CC4CC(C3)C[C@@H]2C4)cc1. The number of H-pyrrole nitrogens is 1. The Hall–Kier alpha value is -3.14. The maximum atomic E-state index is 10.9. The minimum absolute atomic E-state index is 0.706. The van der Waals surface area contributed by atoms with Gasteiger partial charge in [0.05, 0.1) is 11.7 Å². The van der Waals surface area contributed by atoms with Crippen LogP contribution in [0.1, 0.15) is 48.8 Å². The summed E-state index contributed by atoms with van der Waals surface area (Å²) in [4.78, 5) is 10.9. The third-order valence-corrected chi connectivity index (χ3v) is 7.65. The Bertz CT molecular complexity index is 1190. The highest BCUT2D eigenvalue weighted by Gasteiger charge is 2.46. The molecule has 4 bridgehead atoms. The lowest BCUT2D eigenvalue weighted by Crippen LogP contribution is -2.40. The van der Waals surface area contributed by atoms with E-state index in [1.165, 1.54) is 54.9 Å². The number of fused-ring (bicyclic) bond motifs is 1. The molecule has 4 aliphatic carbocycles. The molecule has 4 nitrogen and oxygen atoms in total. The van der Waals surface area contributed by atoms with Gasteiger partial charge in [-0.25, -0.2) is 4.79 Å². The first-order valence-corrected chi connectivity index (χ1v) is 11.3. The molecule has 4 aliphatic rings. The third kappa shape index (κ3) is 3.31. The van der Waals surface area contributed by atoms with Crippen molar-refractivity contribution in [3.8, 4) is 0 Å². The highest BCUT2D eigenvalue weighted by molar-refractivity contribution is 5.89. The molecule has 2 aromatic carbocycles. The van der Waals surface area contributed by atoms with Crippen molar-refractivity contribution in [3.63, 3.8) is 0 Å². The Balaban J connectivity index is 1.49. The summed E-state index contributed by atoms with van der Waals surface area (Å²) in [5, 5.41) is 17.3. The van der Waals surface area contributed by atoms with Gasteiger partial charge in [-0.15, -0.1) is 0 Å². The second-order valence-corrected chi connectivity index (χ2v) is 9.60. The normalized spacial score (nSPS) is 26.8. The van der Waals surface area contributed by atoms with Crippen molar-refractivity contribution in [1.29, 1.82) is 0 Å². The number of carbonyl (C=O) groups is 1. The topological polar surface area (TPSA) is 66.0 Å². The number of hydrogen-bond donors (Lipinski definition) is 2. The molecule has 3 aromatic rings. The molecular formula is C27H26N2O2. The van der Waals surface area contributed by atoms with Gasteiger partial charge in [0.1, 0.15) is 0 Å². The third-order valence-electron chi connectivity index (χ3n) is 7.65. The van der Waals surface area contributed by atoms with Crippen molar-refractivity contribution in [2.24, 2.45) is 23.7 Å². The molecule has 0 atom stereocenters. The van der Waals surface area contributed by atoms with Gasteiger partial charge in [-0.2, -0.15) is 5.10 Å². The zero-order valence-corrected chi connectivity index (χ0v) is 17.4. The van der Waals surface area contributed by atoms with E-state index in [2.05, 4.69) is 40.5 Å². The Labute approximate surface area is 181 Å². The molecule has 0 amide bonds. The first-order valence-electron chi connectivity index (χ1n) is 11.3. The number of carboxylic acids is 1. The average molecular weight is 411 g/mol. The fraction of sp³-hybridized carbons (Fsp3) is 0.333. The van der Waals surface area contributed by atoms with Crippen LogP contribution in [0.3, 0.4) is 0 Å². The lowest BCUT2D eigenvalue weighted by molar-refractivity contribution is -0.131. The predicted octanol–water partition coefficient (Wildman–Crippen LogP) is 5.92. The van der Waals surface area contributed by atoms with Crippen LogP contribution in [0.5, 0.6) is 0 Å². The first kappa shape index (κ1) is 18.6. The number of carboxylic acid groups (broad SMARTS) is 1. The van der Waals surface area contributed by atoms with Gasteiger partial charge in [-0.1, -0.05) is 35.9 Å². The zero-order valence-electron chi connectivity index (χ0n) is 17.4. The number of nitrogens with zero attached hydrogens (tertiary/aromatic N) is 1. The number of aliphatic carboxylic acids is 1. The number of nitrogens with one attached hydrogen (secondary N) is 1. The minimum atomic E-state index is -0.922. The van der Waals surface area contributed by atoms with E-state index in [0.29, 0.717) is 11.8 Å². The van der Waals surface area contributed by atoms with E-state index in [1.807, 2.05) is 18.3 Å². The Morgan fingerprint density at radius 2 is 1.61 bits per heavy atom. The molecule has 31 heavy (non-hydrogen) atoms. The maximum absolute atomic E-state index is 10.9. The van der Waals surface area contributed by atoms with Crippen molar-refractivity contribution < 1.29 is 9.90 Å². The van der Waals surface area contributed by atoms with Crippen LogP contribution in [-0.2, 0) is 4.79 Å². The van der Waals surface area contributed by atoms with Gasteiger partial charge in [-0.3, -0.25) is 5.10 Å². The molecule has 4 fully saturated rings. The van der Waals surface area contributed by atoms with Crippen LogP contribution in [0.2, 0.25) is 0 Å². The first-order chi connectivity index (χ1) is 15.1. The van der Waals surface area contributed by atoms with Gasteiger partial charge < -0.3 is 5.11 Å². The molecule has 0 saturated heterocycles. The van der Waals surface area contributed by atoms with Gasteiger partial charge in [0.25, 0.3) is 0 Å². The van der Waals surface area contributed by atoms with Crippen molar-refractivity contribution in [3.05, 3.63) is 77.0 Å². The molecule has 1 heterocycles. The monoisotopic (exact) mass is 410 g/mol. The van der Waals surface area contributed by atoms with E-state index >= 15 is 0 Å². The van der Waals surface area contributed by atoms with E-state index in [1.54, 1.807) is 11.6 Å². The molecule has 0 unspecified atom stereocenters. The molecule has 4 heteroatoms. The van der Waals surface area contributed by atoms with Crippen molar-refractivity contribution in [2.75, 3.05) is 0 Å². The average Bonchev–Trinajstić information content (AvgIpc) is 3.23. The molecule has 0 radical (unpaired) electrons. The van der Waals surface area contributed by atoms with Crippen molar-refractivity contribution in [1.82, 2.24) is 10.2 Å². The molecular weight excluding hydrogens is 384 g/mol. The van der Waals surface area contributed by atoms with Crippen LogP contribution in [0.4, 0.5) is 0 Å². The number of rotatable bonds is 4. The molecule has 156 valence electrons. The predicted molar refractivity (Wildman–Crippen MR) is 122 cm³/mol. The van der Waals surface area contributed by atoms with E-state index in [0.717, 1.165) is 28.3 Å². The van der Waals surface area contributed by atoms with Gasteiger partial charge in [-0.05, 0) is 96.2 Å². The van der Waals surface area contributed by atoms with E-state index < -0.39 is 5.97 Å². The van der Waals surface area contributed by atoms with Crippen LogP contribution < -0.4 is 0 Å². The van der Waals surface area contributed by atoms with E-state index in [9.17, 15) is 4.79 Å².